The molecular weight excluding hydrogens is 140 g/mol. The van der Waals surface area contributed by atoms with E-state index in [9.17, 15) is 0 Å². The van der Waals surface area contributed by atoms with E-state index in [0.29, 0.717) is 0 Å². The van der Waals surface area contributed by atoms with Crippen molar-refractivity contribution in [3.05, 3.63) is 23.5 Å². The zero-order valence-electron chi connectivity index (χ0n) is 5.57. The number of aromatic amines is 1. The Balaban J connectivity index is 2.93. The van der Waals surface area contributed by atoms with Gasteiger partial charge in [-0.05, 0) is 6.08 Å². The zero-order chi connectivity index (χ0) is 8.10. The summed E-state index contributed by atoms with van der Waals surface area (Å²) in [4.78, 5) is 0. The van der Waals surface area contributed by atoms with Crippen LogP contribution in [0.15, 0.2) is 18.0 Å². The summed E-state index contributed by atoms with van der Waals surface area (Å²) >= 11 is 0. The summed E-state index contributed by atoms with van der Waals surface area (Å²) in [6, 6.07) is 3.50. The molecule has 1 aromatic rings. The maximum absolute atomic E-state index is 8.35. The SMILES string of the molecule is N#CC(C#N)=Cc1cn[nH]c1. The molecule has 0 saturated carbocycles. The number of hydrogen-bond acceptors (Lipinski definition) is 3. The number of hydrogen-bond donors (Lipinski definition) is 1. The molecule has 1 heterocycles. The van der Waals surface area contributed by atoms with Crippen LogP contribution in [0.1, 0.15) is 5.56 Å². The van der Waals surface area contributed by atoms with E-state index in [-0.39, 0.29) is 5.57 Å². The van der Waals surface area contributed by atoms with Crippen molar-refractivity contribution < 1.29 is 0 Å². The molecule has 11 heavy (non-hydrogen) atoms. The van der Waals surface area contributed by atoms with Gasteiger partial charge in [-0.15, -0.1) is 0 Å². The molecule has 0 fully saturated rings. The summed E-state index contributed by atoms with van der Waals surface area (Å²) in [6.07, 6.45) is 4.60. The second kappa shape index (κ2) is 3.19. The Labute approximate surface area is 63.4 Å². The van der Waals surface area contributed by atoms with Gasteiger partial charge in [0.2, 0.25) is 0 Å². The third kappa shape index (κ3) is 1.67. The van der Waals surface area contributed by atoms with Gasteiger partial charge in [-0.2, -0.15) is 15.6 Å². The van der Waals surface area contributed by atoms with Crippen LogP contribution in [0.2, 0.25) is 0 Å². The monoisotopic (exact) mass is 144 g/mol. The van der Waals surface area contributed by atoms with Gasteiger partial charge in [-0.1, -0.05) is 0 Å². The van der Waals surface area contributed by atoms with Gasteiger partial charge in [0, 0.05) is 11.8 Å². The predicted octanol–water partition coefficient (Wildman–Crippen LogP) is 0.840. The quantitative estimate of drug-likeness (QED) is 0.593. The molecule has 1 rings (SSSR count). The standard InChI is InChI=1S/C7H4N4/c8-2-6(3-9)1-7-4-10-11-5-7/h1,4-5H,(H,10,11). The lowest BCUT2D eigenvalue weighted by atomic mass is 10.2. The fourth-order valence-corrected chi connectivity index (χ4v) is 0.596. The van der Waals surface area contributed by atoms with Crippen molar-refractivity contribution in [2.24, 2.45) is 0 Å². The van der Waals surface area contributed by atoms with Crippen LogP contribution in [-0.4, -0.2) is 10.2 Å². The lowest BCUT2D eigenvalue weighted by Crippen LogP contribution is -1.70. The molecule has 52 valence electrons. The number of nitrogens with zero attached hydrogens (tertiary/aromatic N) is 3. The Morgan fingerprint density at radius 1 is 1.55 bits per heavy atom. The first-order valence-corrected chi connectivity index (χ1v) is 2.87. The lowest BCUT2D eigenvalue weighted by Gasteiger charge is -1.78. The van der Waals surface area contributed by atoms with Crippen LogP contribution in [0.3, 0.4) is 0 Å². The molecule has 0 radical (unpaired) electrons. The van der Waals surface area contributed by atoms with Crippen molar-refractivity contribution in [1.29, 1.82) is 10.5 Å². The van der Waals surface area contributed by atoms with Crippen molar-refractivity contribution >= 4 is 6.08 Å². The topological polar surface area (TPSA) is 76.3 Å². The molecule has 0 aliphatic carbocycles. The minimum atomic E-state index is 0.0754. The Hall–Kier alpha value is -2.07. The zero-order valence-corrected chi connectivity index (χ0v) is 5.57. The Bertz CT molecular complexity index is 318. The summed E-state index contributed by atoms with van der Waals surface area (Å²) in [5.74, 6) is 0. The van der Waals surface area contributed by atoms with Crippen LogP contribution in [-0.2, 0) is 0 Å². The van der Waals surface area contributed by atoms with Crippen LogP contribution < -0.4 is 0 Å². The molecule has 0 saturated heterocycles. The van der Waals surface area contributed by atoms with Gasteiger partial charge in [0.1, 0.15) is 17.7 Å². The van der Waals surface area contributed by atoms with E-state index in [1.54, 1.807) is 18.3 Å². The van der Waals surface area contributed by atoms with E-state index in [0.717, 1.165) is 5.56 Å². The maximum Gasteiger partial charge on any atom is 0.130 e. The van der Waals surface area contributed by atoms with Crippen LogP contribution >= 0.6 is 0 Å². The molecule has 0 bridgehead atoms. The minimum absolute atomic E-state index is 0.0754. The average Bonchev–Trinajstić information content (AvgIpc) is 2.52. The van der Waals surface area contributed by atoms with Gasteiger partial charge in [0.25, 0.3) is 0 Å². The first-order valence-electron chi connectivity index (χ1n) is 2.87. The largest absolute Gasteiger partial charge is 0.285 e. The molecule has 1 N–H and O–H groups in total. The maximum atomic E-state index is 8.35. The van der Waals surface area contributed by atoms with Crippen molar-refractivity contribution in [1.82, 2.24) is 10.2 Å². The van der Waals surface area contributed by atoms with Gasteiger partial charge in [0.15, 0.2) is 0 Å². The van der Waals surface area contributed by atoms with Crippen LogP contribution in [0.5, 0.6) is 0 Å². The van der Waals surface area contributed by atoms with Crippen molar-refractivity contribution in [3.8, 4) is 12.1 Å². The number of nitriles is 2. The molecule has 1 aromatic heterocycles. The van der Waals surface area contributed by atoms with Gasteiger partial charge < -0.3 is 0 Å². The summed E-state index contributed by atoms with van der Waals surface area (Å²) < 4.78 is 0. The van der Waals surface area contributed by atoms with Gasteiger partial charge in [-0.3, -0.25) is 5.10 Å². The molecule has 0 spiro atoms. The Morgan fingerprint density at radius 2 is 2.27 bits per heavy atom. The van der Waals surface area contributed by atoms with Crippen LogP contribution in [0.25, 0.3) is 6.08 Å². The number of aromatic nitrogens is 2. The highest BCUT2D eigenvalue weighted by atomic mass is 15.1. The second-order valence-corrected chi connectivity index (χ2v) is 1.81. The highest BCUT2D eigenvalue weighted by Gasteiger charge is 1.92. The van der Waals surface area contributed by atoms with E-state index in [1.165, 1.54) is 12.3 Å². The highest BCUT2D eigenvalue weighted by Crippen LogP contribution is 2.01. The van der Waals surface area contributed by atoms with Crippen molar-refractivity contribution in [2.45, 2.75) is 0 Å². The Morgan fingerprint density at radius 3 is 2.73 bits per heavy atom. The van der Waals surface area contributed by atoms with E-state index >= 15 is 0 Å². The molecule has 0 aromatic carbocycles. The number of allylic oxidation sites excluding steroid dienone is 1. The number of nitrogens with one attached hydrogen (secondary N) is 1. The summed E-state index contributed by atoms with van der Waals surface area (Å²) in [6.45, 7) is 0. The molecule has 0 amide bonds. The van der Waals surface area contributed by atoms with Crippen molar-refractivity contribution in [3.63, 3.8) is 0 Å². The van der Waals surface area contributed by atoms with E-state index < -0.39 is 0 Å². The second-order valence-electron chi connectivity index (χ2n) is 1.81. The third-order valence-electron chi connectivity index (χ3n) is 1.07. The molecular formula is C7H4N4. The first-order chi connectivity index (χ1) is 5.36. The smallest absolute Gasteiger partial charge is 0.130 e. The summed E-state index contributed by atoms with van der Waals surface area (Å²) in [5.41, 5.74) is 0.800. The lowest BCUT2D eigenvalue weighted by molar-refractivity contribution is 1.09. The Kier molecular flexibility index (Phi) is 2.04. The number of H-pyrrole nitrogens is 1. The molecule has 0 unspecified atom stereocenters. The minimum Gasteiger partial charge on any atom is -0.285 e. The van der Waals surface area contributed by atoms with E-state index in [1.807, 2.05) is 0 Å². The third-order valence-corrected chi connectivity index (χ3v) is 1.07. The van der Waals surface area contributed by atoms with Gasteiger partial charge in [0.05, 0.1) is 6.20 Å². The first kappa shape index (κ1) is 7.04. The molecule has 0 aliphatic heterocycles. The molecule has 4 heteroatoms. The van der Waals surface area contributed by atoms with E-state index in [2.05, 4.69) is 10.2 Å². The van der Waals surface area contributed by atoms with Crippen LogP contribution in [0.4, 0.5) is 0 Å². The normalized spacial score (nSPS) is 7.82. The summed E-state index contributed by atoms with van der Waals surface area (Å²) in [5, 5.41) is 22.9. The number of rotatable bonds is 1. The molecule has 0 aliphatic rings. The van der Waals surface area contributed by atoms with E-state index in [4.69, 9.17) is 10.5 Å². The summed E-state index contributed by atoms with van der Waals surface area (Å²) in [7, 11) is 0. The molecule has 0 atom stereocenters. The fourth-order valence-electron chi connectivity index (χ4n) is 0.596. The van der Waals surface area contributed by atoms with Gasteiger partial charge in [-0.25, -0.2) is 0 Å². The van der Waals surface area contributed by atoms with Crippen molar-refractivity contribution in [2.75, 3.05) is 0 Å². The van der Waals surface area contributed by atoms with Crippen LogP contribution in [0, 0.1) is 22.7 Å². The fraction of sp³-hybridized carbons (Fsp3) is 0. The van der Waals surface area contributed by atoms with Gasteiger partial charge >= 0.3 is 0 Å². The molecule has 4 nitrogen and oxygen atoms in total. The average molecular weight is 144 g/mol. The predicted molar refractivity (Wildman–Crippen MR) is 37.8 cm³/mol. The highest BCUT2D eigenvalue weighted by molar-refractivity contribution is 5.60.